The minimum Gasteiger partial charge on any atom is -0.508 e. The van der Waals surface area contributed by atoms with Crippen molar-refractivity contribution in [2.45, 2.75) is 51.2 Å². The van der Waals surface area contributed by atoms with Crippen LogP contribution in [0.4, 0.5) is 0 Å². The normalized spacial score (nSPS) is 24.2. The van der Waals surface area contributed by atoms with Gasteiger partial charge in [-0.05, 0) is 75.5 Å². The molecular formula is C26H35N3O2. The second kappa shape index (κ2) is 9.41. The van der Waals surface area contributed by atoms with Crippen molar-refractivity contribution in [1.82, 2.24) is 14.7 Å². The second-order valence-corrected chi connectivity index (χ2v) is 9.31. The van der Waals surface area contributed by atoms with Gasteiger partial charge >= 0.3 is 0 Å². The van der Waals surface area contributed by atoms with Crippen molar-refractivity contribution >= 4 is 5.91 Å². The van der Waals surface area contributed by atoms with Crippen molar-refractivity contribution in [3.8, 4) is 5.75 Å². The lowest BCUT2D eigenvalue weighted by Crippen LogP contribution is -2.55. The fourth-order valence-corrected chi connectivity index (χ4v) is 5.04. The summed E-state index contributed by atoms with van der Waals surface area (Å²) in [5, 5.41) is 10.2. The second-order valence-electron chi connectivity index (χ2n) is 9.31. The van der Waals surface area contributed by atoms with Gasteiger partial charge in [0.2, 0.25) is 0 Å². The molecule has 2 aromatic rings. The highest BCUT2D eigenvalue weighted by molar-refractivity contribution is 5.94. The van der Waals surface area contributed by atoms with E-state index >= 15 is 0 Å². The number of phenolic OH excluding ortho intramolecular Hbond substituents is 1. The molecule has 0 saturated carbocycles. The summed E-state index contributed by atoms with van der Waals surface area (Å²) in [4.78, 5) is 19.8. The standard InChI is InChI=1S/C26H35N3O2/c1-19-18-29(20(2)17-27(19)3)25(23-8-7-9-24(30)16-23)21-10-12-22(13-11-21)26(31)28-14-5-4-6-15-28/h7-13,16,19-20,25,30H,4-6,14-15,17-18H2,1-3H3/t19-,20-,25+/m1/s1. The van der Waals surface area contributed by atoms with E-state index in [9.17, 15) is 9.90 Å². The van der Waals surface area contributed by atoms with Gasteiger partial charge in [-0.1, -0.05) is 24.3 Å². The third-order valence-corrected chi connectivity index (χ3v) is 6.98. The van der Waals surface area contributed by atoms with Crippen LogP contribution in [0.25, 0.3) is 0 Å². The lowest BCUT2D eigenvalue weighted by atomic mass is 9.93. The lowest BCUT2D eigenvalue weighted by Gasteiger charge is -2.46. The summed E-state index contributed by atoms with van der Waals surface area (Å²) in [5.41, 5.74) is 3.00. The smallest absolute Gasteiger partial charge is 0.253 e. The summed E-state index contributed by atoms with van der Waals surface area (Å²) in [5.74, 6) is 0.427. The Morgan fingerprint density at radius 1 is 0.935 bits per heavy atom. The first-order valence-electron chi connectivity index (χ1n) is 11.6. The predicted octanol–water partition coefficient (Wildman–Crippen LogP) is 4.13. The molecule has 2 aliphatic rings. The minimum absolute atomic E-state index is 0.0392. The molecule has 2 fully saturated rings. The Bertz CT molecular complexity index is 892. The highest BCUT2D eigenvalue weighted by Gasteiger charge is 2.33. The molecular weight excluding hydrogens is 386 g/mol. The first-order chi connectivity index (χ1) is 14.9. The maximum atomic E-state index is 12.9. The molecule has 166 valence electrons. The highest BCUT2D eigenvalue weighted by atomic mass is 16.3. The number of phenols is 1. The van der Waals surface area contributed by atoms with Crippen LogP contribution >= 0.6 is 0 Å². The van der Waals surface area contributed by atoms with Gasteiger partial charge in [0.25, 0.3) is 5.91 Å². The zero-order valence-electron chi connectivity index (χ0n) is 19.0. The molecule has 2 saturated heterocycles. The summed E-state index contributed by atoms with van der Waals surface area (Å²) >= 11 is 0. The quantitative estimate of drug-likeness (QED) is 0.806. The third kappa shape index (κ3) is 4.78. The van der Waals surface area contributed by atoms with E-state index in [2.05, 4.69) is 48.9 Å². The van der Waals surface area contributed by atoms with Gasteiger partial charge in [-0.3, -0.25) is 9.69 Å². The van der Waals surface area contributed by atoms with Crippen molar-refractivity contribution in [3.63, 3.8) is 0 Å². The number of likely N-dealkylation sites (N-methyl/N-ethyl adjacent to an activating group) is 1. The molecule has 31 heavy (non-hydrogen) atoms. The maximum Gasteiger partial charge on any atom is 0.253 e. The fraction of sp³-hybridized carbons (Fsp3) is 0.500. The van der Waals surface area contributed by atoms with Gasteiger partial charge in [0.15, 0.2) is 0 Å². The predicted molar refractivity (Wildman–Crippen MR) is 124 cm³/mol. The Kier molecular flexibility index (Phi) is 6.63. The zero-order chi connectivity index (χ0) is 22.0. The highest BCUT2D eigenvalue weighted by Crippen LogP contribution is 2.34. The maximum absolute atomic E-state index is 12.9. The van der Waals surface area contributed by atoms with E-state index in [1.54, 1.807) is 6.07 Å². The van der Waals surface area contributed by atoms with Crippen molar-refractivity contribution in [3.05, 3.63) is 65.2 Å². The van der Waals surface area contributed by atoms with Crippen molar-refractivity contribution < 1.29 is 9.90 Å². The zero-order valence-corrected chi connectivity index (χ0v) is 19.0. The van der Waals surface area contributed by atoms with Crippen molar-refractivity contribution in [2.75, 3.05) is 33.2 Å². The van der Waals surface area contributed by atoms with Crippen molar-refractivity contribution in [1.29, 1.82) is 0 Å². The number of likely N-dealkylation sites (tertiary alicyclic amines) is 1. The van der Waals surface area contributed by atoms with Crippen LogP contribution in [0.1, 0.15) is 60.6 Å². The summed E-state index contributed by atoms with van der Waals surface area (Å²) in [6, 6.07) is 16.6. The Labute approximate surface area is 186 Å². The molecule has 0 radical (unpaired) electrons. The van der Waals surface area contributed by atoms with Gasteiger partial charge in [0, 0.05) is 43.8 Å². The van der Waals surface area contributed by atoms with Crippen LogP contribution in [0.2, 0.25) is 0 Å². The number of benzene rings is 2. The number of nitrogens with zero attached hydrogens (tertiary/aromatic N) is 3. The SMILES string of the molecule is C[C@@H]1CN([C@@H](c2ccc(C(=O)N3CCCCC3)cc2)c2cccc(O)c2)[C@H](C)CN1C. The number of hydrogen-bond acceptors (Lipinski definition) is 4. The van der Waals surface area contributed by atoms with Crippen LogP contribution in [0.5, 0.6) is 5.75 Å². The molecule has 2 aromatic carbocycles. The van der Waals surface area contributed by atoms with Gasteiger partial charge in [-0.25, -0.2) is 0 Å². The van der Waals surface area contributed by atoms with Crippen LogP contribution < -0.4 is 0 Å². The summed E-state index contributed by atoms with van der Waals surface area (Å²) < 4.78 is 0. The Morgan fingerprint density at radius 3 is 2.32 bits per heavy atom. The molecule has 4 rings (SSSR count). The molecule has 0 bridgehead atoms. The molecule has 5 heteroatoms. The summed E-state index contributed by atoms with van der Waals surface area (Å²) in [6.45, 7) is 8.21. The van der Waals surface area contributed by atoms with Gasteiger partial charge < -0.3 is 14.9 Å². The Balaban J connectivity index is 1.64. The van der Waals surface area contributed by atoms with E-state index in [4.69, 9.17) is 0 Å². The molecule has 0 unspecified atom stereocenters. The van der Waals surface area contributed by atoms with E-state index in [0.717, 1.165) is 55.7 Å². The van der Waals surface area contributed by atoms with Crippen LogP contribution in [0.15, 0.2) is 48.5 Å². The minimum atomic E-state index is 0.0392. The average Bonchev–Trinajstić information content (AvgIpc) is 2.78. The van der Waals surface area contributed by atoms with Gasteiger partial charge in [-0.2, -0.15) is 0 Å². The van der Waals surface area contributed by atoms with E-state index in [-0.39, 0.29) is 17.7 Å². The number of rotatable bonds is 4. The monoisotopic (exact) mass is 421 g/mol. The average molecular weight is 422 g/mol. The topological polar surface area (TPSA) is 47.0 Å². The van der Waals surface area contributed by atoms with E-state index < -0.39 is 0 Å². The number of hydrogen-bond donors (Lipinski definition) is 1. The Morgan fingerprint density at radius 2 is 1.65 bits per heavy atom. The Hall–Kier alpha value is -2.37. The van der Waals surface area contributed by atoms with E-state index in [0.29, 0.717) is 12.1 Å². The number of piperidine rings is 1. The molecule has 0 aliphatic carbocycles. The number of carbonyl (C=O) groups excluding carboxylic acids is 1. The van der Waals surface area contributed by atoms with Crippen LogP contribution in [-0.4, -0.2) is 71.0 Å². The fourth-order valence-electron chi connectivity index (χ4n) is 5.04. The summed E-state index contributed by atoms with van der Waals surface area (Å²) in [6.07, 6.45) is 3.42. The first-order valence-corrected chi connectivity index (χ1v) is 11.6. The number of amides is 1. The van der Waals surface area contributed by atoms with Crippen LogP contribution in [-0.2, 0) is 0 Å². The van der Waals surface area contributed by atoms with Crippen LogP contribution in [0, 0.1) is 0 Å². The number of aromatic hydroxyl groups is 1. The lowest BCUT2D eigenvalue weighted by molar-refractivity contribution is 0.0389. The molecule has 5 nitrogen and oxygen atoms in total. The largest absolute Gasteiger partial charge is 0.508 e. The van der Waals surface area contributed by atoms with Crippen LogP contribution in [0.3, 0.4) is 0 Å². The van der Waals surface area contributed by atoms with Gasteiger partial charge in [-0.15, -0.1) is 0 Å². The van der Waals surface area contributed by atoms with Gasteiger partial charge in [0.05, 0.1) is 6.04 Å². The summed E-state index contributed by atoms with van der Waals surface area (Å²) in [7, 11) is 2.18. The third-order valence-electron chi connectivity index (χ3n) is 6.98. The van der Waals surface area contributed by atoms with Gasteiger partial charge in [0.1, 0.15) is 5.75 Å². The molecule has 3 atom stereocenters. The molecule has 1 amide bonds. The molecule has 0 spiro atoms. The molecule has 2 heterocycles. The molecule has 1 N–H and O–H groups in total. The number of carbonyl (C=O) groups is 1. The number of piperazine rings is 1. The van der Waals surface area contributed by atoms with E-state index in [1.165, 1.54) is 6.42 Å². The van der Waals surface area contributed by atoms with Crippen molar-refractivity contribution in [2.24, 2.45) is 0 Å². The molecule has 2 aliphatic heterocycles. The van der Waals surface area contributed by atoms with E-state index in [1.807, 2.05) is 29.2 Å². The molecule has 0 aromatic heterocycles. The first kappa shape index (κ1) is 21.8.